The summed E-state index contributed by atoms with van der Waals surface area (Å²) in [4.78, 5) is 11.1. The van der Waals surface area contributed by atoms with Gasteiger partial charge in [0.25, 0.3) is 0 Å². The Hall–Kier alpha value is -0.950. The molecule has 4 rings (SSSR count). The van der Waals surface area contributed by atoms with Gasteiger partial charge in [0.1, 0.15) is 0 Å². The lowest BCUT2D eigenvalue weighted by Gasteiger charge is -2.46. The first-order valence-electron chi connectivity index (χ1n) is 9.76. The third kappa shape index (κ3) is 3.63. The molecule has 5 nitrogen and oxygen atoms in total. The van der Waals surface area contributed by atoms with Crippen LogP contribution >= 0.6 is 11.3 Å². The number of rotatable bonds is 5. The summed E-state index contributed by atoms with van der Waals surface area (Å²) in [6.07, 6.45) is 9.88. The van der Waals surface area contributed by atoms with Gasteiger partial charge in [-0.2, -0.15) is 0 Å². The highest BCUT2D eigenvalue weighted by Crippen LogP contribution is 2.28. The molecule has 0 spiro atoms. The molecule has 138 valence electrons. The molecule has 2 aromatic heterocycles. The molecule has 1 N–H and O–H groups in total. The summed E-state index contributed by atoms with van der Waals surface area (Å²) in [7, 11) is 0. The molecular weight excluding hydrogens is 332 g/mol. The zero-order chi connectivity index (χ0) is 17.2. The Balaban J connectivity index is 1.45. The van der Waals surface area contributed by atoms with E-state index in [0.717, 1.165) is 49.3 Å². The number of thiazole rings is 1. The lowest BCUT2D eigenvalue weighted by atomic mass is 9.92. The first-order chi connectivity index (χ1) is 12.3. The lowest BCUT2D eigenvalue weighted by molar-refractivity contribution is 0.0131. The quantitative estimate of drug-likeness (QED) is 0.888. The first kappa shape index (κ1) is 17.5. The number of imidazole rings is 1. The van der Waals surface area contributed by atoms with E-state index in [1.807, 2.05) is 0 Å². The average molecular weight is 363 g/mol. The molecule has 0 bridgehead atoms. The maximum Gasteiger partial charge on any atom is 0.194 e. The van der Waals surface area contributed by atoms with Crippen LogP contribution in [-0.4, -0.2) is 62.6 Å². The Morgan fingerprint density at radius 1 is 1.24 bits per heavy atom. The Bertz CT molecular complexity index is 691. The molecule has 2 aromatic rings. The van der Waals surface area contributed by atoms with Crippen molar-refractivity contribution in [3.63, 3.8) is 0 Å². The number of aromatic nitrogens is 2. The zero-order valence-electron chi connectivity index (χ0n) is 15.2. The monoisotopic (exact) mass is 362 g/mol. The van der Waals surface area contributed by atoms with E-state index in [4.69, 9.17) is 0 Å². The van der Waals surface area contributed by atoms with Crippen LogP contribution in [0.4, 0.5) is 0 Å². The fourth-order valence-corrected chi connectivity index (χ4v) is 5.50. The van der Waals surface area contributed by atoms with E-state index in [1.54, 1.807) is 11.3 Å². The highest BCUT2D eigenvalue weighted by atomic mass is 32.1. The highest BCUT2D eigenvalue weighted by Gasteiger charge is 2.32. The van der Waals surface area contributed by atoms with E-state index >= 15 is 0 Å². The summed E-state index contributed by atoms with van der Waals surface area (Å²) in [5.41, 5.74) is 2.48. The highest BCUT2D eigenvalue weighted by molar-refractivity contribution is 7.15. The molecule has 0 unspecified atom stereocenters. The zero-order valence-corrected chi connectivity index (χ0v) is 16.0. The van der Waals surface area contributed by atoms with Gasteiger partial charge in [-0.15, -0.1) is 11.3 Å². The van der Waals surface area contributed by atoms with Gasteiger partial charge >= 0.3 is 0 Å². The van der Waals surface area contributed by atoms with Crippen LogP contribution in [-0.2, 0) is 6.54 Å². The summed E-state index contributed by atoms with van der Waals surface area (Å²) < 4.78 is 2.24. The minimum atomic E-state index is 0.294. The first-order valence-corrected chi connectivity index (χ1v) is 10.6. The van der Waals surface area contributed by atoms with Gasteiger partial charge in [-0.25, -0.2) is 4.98 Å². The Morgan fingerprint density at radius 3 is 2.88 bits per heavy atom. The Kier molecular flexibility index (Phi) is 5.41. The molecular formula is C19H30N4OS. The SMILES string of the molecule is Cc1nc2sccn2c1CN1CCN(C2CCCCC2)[C@H](CCO)C1. The summed E-state index contributed by atoms with van der Waals surface area (Å²) in [5.74, 6) is 0. The second-order valence-corrected chi connectivity index (χ2v) is 8.50. The van der Waals surface area contributed by atoms with Crippen LogP contribution in [0.1, 0.15) is 49.9 Å². The predicted molar refractivity (Wildman–Crippen MR) is 102 cm³/mol. The number of aliphatic hydroxyl groups excluding tert-OH is 1. The molecule has 1 saturated carbocycles. The molecule has 0 aromatic carbocycles. The average Bonchev–Trinajstić information content (AvgIpc) is 3.19. The molecule has 1 saturated heterocycles. The Morgan fingerprint density at radius 2 is 2.08 bits per heavy atom. The molecule has 0 amide bonds. The van der Waals surface area contributed by atoms with E-state index < -0.39 is 0 Å². The number of hydrogen-bond acceptors (Lipinski definition) is 5. The van der Waals surface area contributed by atoms with Crippen LogP contribution in [0.5, 0.6) is 0 Å². The van der Waals surface area contributed by atoms with Gasteiger partial charge in [-0.05, 0) is 26.2 Å². The predicted octanol–water partition coefficient (Wildman–Crippen LogP) is 2.91. The van der Waals surface area contributed by atoms with Gasteiger partial charge in [0.05, 0.1) is 11.4 Å². The maximum atomic E-state index is 9.58. The van der Waals surface area contributed by atoms with Crippen molar-refractivity contribution >= 4 is 16.3 Å². The summed E-state index contributed by atoms with van der Waals surface area (Å²) in [6, 6.07) is 1.24. The van der Waals surface area contributed by atoms with Gasteiger partial charge in [0.2, 0.25) is 0 Å². The standard InChI is InChI=1S/C19H30N4OS/c1-15-18(23-10-12-25-19(23)20-15)14-21-8-9-22(17(13-21)7-11-24)16-5-3-2-4-6-16/h10,12,16-17,24H,2-9,11,13-14H2,1H3/t17-/m1/s1. The Labute approximate surface area is 154 Å². The molecule has 6 heteroatoms. The van der Waals surface area contributed by atoms with Crippen molar-refractivity contribution in [1.29, 1.82) is 0 Å². The van der Waals surface area contributed by atoms with Crippen LogP contribution < -0.4 is 0 Å². The van der Waals surface area contributed by atoms with Crippen molar-refractivity contribution < 1.29 is 5.11 Å². The molecule has 1 atom stereocenters. The number of nitrogens with zero attached hydrogens (tertiary/aromatic N) is 4. The number of piperazine rings is 1. The van der Waals surface area contributed by atoms with Crippen LogP contribution in [0.2, 0.25) is 0 Å². The second-order valence-electron chi connectivity index (χ2n) is 7.63. The van der Waals surface area contributed by atoms with Crippen LogP contribution in [0.3, 0.4) is 0 Å². The molecule has 3 heterocycles. The van der Waals surface area contributed by atoms with Crippen molar-refractivity contribution in [1.82, 2.24) is 19.2 Å². The lowest BCUT2D eigenvalue weighted by Crippen LogP contribution is -2.56. The van der Waals surface area contributed by atoms with Crippen molar-refractivity contribution in [3.05, 3.63) is 23.0 Å². The molecule has 1 aliphatic heterocycles. The van der Waals surface area contributed by atoms with Gasteiger partial charge in [-0.1, -0.05) is 19.3 Å². The van der Waals surface area contributed by atoms with E-state index in [2.05, 4.69) is 37.7 Å². The maximum absolute atomic E-state index is 9.58. The van der Waals surface area contributed by atoms with E-state index in [0.29, 0.717) is 12.6 Å². The molecule has 0 radical (unpaired) electrons. The molecule has 2 aliphatic rings. The normalized spacial score (nSPS) is 24.3. The molecule has 1 aliphatic carbocycles. The molecule has 2 fully saturated rings. The number of aliphatic hydroxyl groups is 1. The van der Waals surface area contributed by atoms with E-state index in [9.17, 15) is 5.11 Å². The van der Waals surface area contributed by atoms with Crippen LogP contribution in [0.25, 0.3) is 4.96 Å². The summed E-state index contributed by atoms with van der Waals surface area (Å²) >= 11 is 1.70. The summed E-state index contributed by atoms with van der Waals surface area (Å²) in [6.45, 7) is 6.70. The topological polar surface area (TPSA) is 44.0 Å². The van der Waals surface area contributed by atoms with E-state index in [-0.39, 0.29) is 0 Å². The third-order valence-electron chi connectivity index (χ3n) is 6.05. The number of hydrogen-bond donors (Lipinski definition) is 1. The van der Waals surface area contributed by atoms with Crippen molar-refractivity contribution in [2.24, 2.45) is 0 Å². The fraction of sp³-hybridized carbons (Fsp3) is 0.737. The number of aryl methyl sites for hydroxylation is 1. The molecule has 25 heavy (non-hydrogen) atoms. The van der Waals surface area contributed by atoms with E-state index in [1.165, 1.54) is 37.8 Å². The van der Waals surface area contributed by atoms with Gasteiger partial charge in [0.15, 0.2) is 4.96 Å². The van der Waals surface area contributed by atoms with Gasteiger partial charge in [0, 0.05) is 56.4 Å². The largest absolute Gasteiger partial charge is 0.396 e. The summed E-state index contributed by atoms with van der Waals surface area (Å²) in [5, 5.41) is 11.7. The van der Waals surface area contributed by atoms with Gasteiger partial charge in [-0.3, -0.25) is 14.2 Å². The third-order valence-corrected chi connectivity index (χ3v) is 6.81. The minimum Gasteiger partial charge on any atom is -0.396 e. The van der Waals surface area contributed by atoms with Crippen molar-refractivity contribution in [3.8, 4) is 0 Å². The van der Waals surface area contributed by atoms with Crippen LogP contribution in [0.15, 0.2) is 11.6 Å². The fourth-order valence-electron chi connectivity index (χ4n) is 4.72. The number of fused-ring (bicyclic) bond motifs is 1. The van der Waals surface area contributed by atoms with Crippen molar-refractivity contribution in [2.75, 3.05) is 26.2 Å². The van der Waals surface area contributed by atoms with Crippen molar-refractivity contribution in [2.45, 2.75) is 64.1 Å². The minimum absolute atomic E-state index is 0.294. The second kappa shape index (κ2) is 7.74. The smallest absolute Gasteiger partial charge is 0.194 e. The van der Waals surface area contributed by atoms with Gasteiger partial charge < -0.3 is 5.11 Å². The van der Waals surface area contributed by atoms with Crippen LogP contribution in [0, 0.1) is 6.92 Å².